The third kappa shape index (κ3) is 3.30. The smallest absolute Gasteiger partial charge is 0.205 e. The first-order chi connectivity index (χ1) is 15.7. The van der Waals surface area contributed by atoms with Crippen LogP contribution in [0.25, 0.3) is 22.5 Å². The highest BCUT2D eigenvalue weighted by Gasteiger charge is 2.42. The van der Waals surface area contributed by atoms with Crippen LogP contribution < -0.4 is 0 Å². The zero-order valence-corrected chi connectivity index (χ0v) is 18.2. The maximum atomic E-state index is 5.05. The van der Waals surface area contributed by atoms with Crippen molar-refractivity contribution in [1.82, 2.24) is 30.6 Å². The Balaban J connectivity index is 1.28. The molecule has 32 heavy (non-hydrogen) atoms. The molecule has 2 aliphatic heterocycles. The lowest BCUT2D eigenvalue weighted by molar-refractivity contribution is 0.0706. The summed E-state index contributed by atoms with van der Waals surface area (Å²) in [7, 11) is 2.12. The number of aliphatic imine (C=N–C) groups is 1. The van der Waals surface area contributed by atoms with Gasteiger partial charge in [0.15, 0.2) is 0 Å². The van der Waals surface area contributed by atoms with Gasteiger partial charge in [-0.3, -0.25) is 10.0 Å². The van der Waals surface area contributed by atoms with Gasteiger partial charge >= 0.3 is 0 Å². The quantitative estimate of drug-likeness (QED) is 0.665. The molecule has 7 nitrogen and oxygen atoms in total. The summed E-state index contributed by atoms with van der Waals surface area (Å²) in [4.78, 5) is 5.05. The number of nitrogens with zero attached hydrogens (tertiary/aromatic N) is 6. The van der Waals surface area contributed by atoms with Crippen LogP contribution >= 0.6 is 0 Å². The summed E-state index contributed by atoms with van der Waals surface area (Å²) in [5.41, 5.74) is 7.11. The van der Waals surface area contributed by atoms with E-state index in [2.05, 4.69) is 87.2 Å². The number of nitrogens with one attached hydrogen (secondary N) is 1. The van der Waals surface area contributed by atoms with Crippen LogP contribution in [-0.4, -0.2) is 49.4 Å². The Kier molecular flexibility index (Phi) is 4.41. The van der Waals surface area contributed by atoms with E-state index in [1.807, 2.05) is 18.2 Å². The van der Waals surface area contributed by atoms with Crippen LogP contribution in [0.5, 0.6) is 0 Å². The third-order valence-corrected chi connectivity index (χ3v) is 6.41. The summed E-state index contributed by atoms with van der Waals surface area (Å²) in [5.74, 6) is 2.32. The lowest BCUT2D eigenvalue weighted by atomic mass is 9.95. The van der Waals surface area contributed by atoms with Crippen molar-refractivity contribution < 1.29 is 0 Å². The van der Waals surface area contributed by atoms with Crippen LogP contribution in [0, 0.1) is 5.92 Å². The first kappa shape index (κ1) is 19.0. The van der Waals surface area contributed by atoms with Crippen molar-refractivity contribution in [3.8, 4) is 22.5 Å². The lowest BCUT2D eigenvalue weighted by Crippen LogP contribution is -2.45. The zero-order valence-electron chi connectivity index (χ0n) is 18.2. The Labute approximate surface area is 187 Å². The van der Waals surface area contributed by atoms with Crippen molar-refractivity contribution in [2.24, 2.45) is 10.9 Å². The molecule has 1 saturated carbocycles. The van der Waals surface area contributed by atoms with Crippen LogP contribution in [-0.2, 0) is 6.42 Å². The van der Waals surface area contributed by atoms with Crippen molar-refractivity contribution in [2.45, 2.75) is 32.2 Å². The molecular weight excluding hydrogens is 398 g/mol. The molecule has 0 spiro atoms. The Morgan fingerprint density at radius 3 is 2.53 bits per heavy atom. The van der Waals surface area contributed by atoms with Crippen molar-refractivity contribution in [2.75, 3.05) is 7.05 Å². The number of hydrazine groups is 1. The number of aromatic amines is 1. The van der Waals surface area contributed by atoms with Gasteiger partial charge in [0, 0.05) is 30.9 Å². The minimum absolute atomic E-state index is 0.278. The average Bonchev–Trinajstić information content (AvgIpc) is 3.36. The van der Waals surface area contributed by atoms with E-state index in [4.69, 9.17) is 4.99 Å². The second-order valence-electron chi connectivity index (χ2n) is 8.80. The molecule has 1 unspecified atom stereocenters. The minimum Gasteiger partial charge on any atom is -0.293 e. The fraction of sp³-hybridized carbons (Fsp3) is 0.280. The molecule has 0 amide bonds. The number of benzene rings is 2. The minimum atomic E-state index is 0.278. The van der Waals surface area contributed by atoms with Gasteiger partial charge in [0.25, 0.3) is 0 Å². The molecule has 0 radical (unpaired) electrons. The monoisotopic (exact) mass is 423 g/mol. The van der Waals surface area contributed by atoms with E-state index in [9.17, 15) is 0 Å². The molecule has 3 aliphatic rings. The van der Waals surface area contributed by atoms with Gasteiger partial charge in [0.1, 0.15) is 5.82 Å². The second-order valence-corrected chi connectivity index (χ2v) is 8.80. The largest absolute Gasteiger partial charge is 0.293 e. The van der Waals surface area contributed by atoms with Gasteiger partial charge in [-0.05, 0) is 59.2 Å². The van der Waals surface area contributed by atoms with Gasteiger partial charge in [-0.15, -0.1) is 10.2 Å². The summed E-state index contributed by atoms with van der Waals surface area (Å²) in [6, 6.07) is 17.3. The van der Waals surface area contributed by atoms with Gasteiger partial charge in [0.2, 0.25) is 5.82 Å². The molecular formula is C25H25N7. The number of hydrogen-bond acceptors (Lipinski definition) is 6. The zero-order chi connectivity index (χ0) is 21.7. The van der Waals surface area contributed by atoms with Gasteiger partial charge in [-0.25, -0.2) is 4.99 Å². The third-order valence-electron chi connectivity index (χ3n) is 6.41. The van der Waals surface area contributed by atoms with Gasteiger partial charge in [-0.1, -0.05) is 48.5 Å². The molecule has 0 bridgehead atoms. The molecule has 1 N–H and O–H groups in total. The van der Waals surface area contributed by atoms with E-state index >= 15 is 0 Å². The molecule has 1 aromatic heterocycles. The molecule has 7 heteroatoms. The molecule has 3 heterocycles. The van der Waals surface area contributed by atoms with E-state index in [1.165, 1.54) is 29.7 Å². The van der Waals surface area contributed by atoms with Crippen LogP contribution in [0.15, 0.2) is 77.2 Å². The molecule has 3 aromatic rings. The molecule has 2 aromatic carbocycles. The van der Waals surface area contributed by atoms with E-state index in [-0.39, 0.29) is 6.04 Å². The van der Waals surface area contributed by atoms with E-state index in [0.717, 1.165) is 28.9 Å². The van der Waals surface area contributed by atoms with Crippen LogP contribution in [0.3, 0.4) is 0 Å². The summed E-state index contributed by atoms with van der Waals surface area (Å²) in [6.07, 6.45) is 7.84. The van der Waals surface area contributed by atoms with Crippen LogP contribution in [0.2, 0.25) is 0 Å². The lowest BCUT2D eigenvalue weighted by Gasteiger charge is -2.37. The SMILES string of the molecule is CC1=CN(C)N2C(=C1)N=C(C1CC1)C2Cc1ccc(-c2ccccc2-c2nn[nH]n2)cc1. The number of tetrazole rings is 1. The predicted octanol–water partition coefficient (Wildman–Crippen LogP) is 4.22. The number of allylic oxidation sites excluding steroid dienone is 2. The van der Waals surface area contributed by atoms with E-state index in [0.29, 0.717) is 11.7 Å². The highest BCUT2D eigenvalue weighted by atomic mass is 15.7. The molecule has 6 rings (SSSR count). The fourth-order valence-electron chi connectivity index (χ4n) is 4.80. The number of aromatic nitrogens is 4. The molecule has 0 saturated heterocycles. The van der Waals surface area contributed by atoms with Gasteiger partial charge < -0.3 is 0 Å². The predicted molar refractivity (Wildman–Crippen MR) is 124 cm³/mol. The highest BCUT2D eigenvalue weighted by molar-refractivity contribution is 5.96. The van der Waals surface area contributed by atoms with Crippen molar-refractivity contribution >= 4 is 5.71 Å². The Hall–Kier alpha value is -3.74. The molecule has 1 fully saturated rings. The Morgan fingerprint density at radius 1 is 1.03 bits per heavy atom. The first-order valence-corrected chi connectivity index (χ1v) is 11.1. The maximum Gasteiger partial charge on any atom is 0.205 e. The van der Waals surface area contributed by atoms with Crippen molar-refractivity contribution in [1.29, 1.82) is 0 Å². The summed E-state index contributed by atoms with van der Waals surface area (Å²) in [6.45, 7) is 2.13. The van der Waals surface area contributed by atoms with E-state index in [1.54, 1.807) is 0 Å². The Morgan fingerprint density at radius 2 is 1.81 bits per heavy atom. The maximum absolute atomic E-state index is 5.05. The number of fused-ring (bicyclic) bond motifs is 1. The number of rotatable bonds is 5. The number of hydrogen-bond donors (Lipinski definition) is 1. The molecule has 1 aliphatic carbocycles. The van der Waals surface area contributed by atoms with E-state index < -0.39 is 0 Å². The Bertz CT molecular complexity index is 1230. The van der Waals surface area contributed by atoms with Crippen LogP contribution in [0.4, 0.5) is 0 Å². The second kappa shape index (κ2) is 7.44. The summed E-state index contributed by atoms with van der Waals surface area (Å²) in [5, 5.41) is 19.1. The first-order valence-electron chi connectivity index (χ1n) is 11.1. The fourth-order valence-corrected chi connectivity index (χ4v) is 4.80. The molecule has 160 valence electrons. The average molecular weight is 424 g/mol. The normalized spacial score (nSPS) is 20.1. The van der Waals surface area contributed by atoms with Gasteiger partial charge in [0.05, 0.1) is 6.04 Å². The summed E-state index contributed by atoms with van der Waals surface area (Å²) >= 11 is 0. The highest BCUT2D eigenvalue weighted by Crippen LogP contribution is 2.40. The van der Waals surface area contributed by atoms with Crippen molar-refractivity contribution in [3.63, 3.8) is 0 Å². The summed E-state index contributed by atoms with van der Waals surface area (Å²) < 4.78 is 0. The topological polar surface area (TPSA) is 73.3 Å². The molecule has 1 atom stereocenters. The van der Waals surface area contributed by atoms with Crippen molar-refractivity contribution in [3.05, 3.63) is 77.8 Å². The standard InChI is InChI=1S/C25H25N7/c1-16-13-23-26-24(19-11-12-19)22(32(23)31(2)15-16)14-17-7-9-18(10-8-17)20-5-3-4-6-21(20)25-27-29-30-28-25/h3-10,13,15,19,22H,11-12,14H2,1-2H3,(H,27,28,29,30). The van der Waals surface area contributed by atoms with Gasteiger partial charge in [-0.2, -0.15) is 5.21 Å². The van der Waals surface area contributed by atoms with Crippen LogP contribution in [0.1, 0.15) is 25.3 Å². The number of H-pyrrole nitrogens is 1.